The minimum absolute atomic E-state index is 0.220. The smallest absolute Gasteiger partial charge is 0.312 e. The van der Waals surface area contributed by atoms with Gasteiger partial charge < -0.3 is 9.67 Å². The second kappa shape index (κ2) is 4.59. The van der Waals surface area contributed by atoms with Gasteiger partial charge in [-0.3, -0.25) is 9.59 Å². The number of hydrogen-bond donors (Lipinski definition) is 1. The molecule has 0 bridgehead atoms. The first kappa shape index (κ1) is 12.6. The molecule has 1 aliphatic heterocycles. The lowest BCUT2D eigenvalue weighted by Crippen LogP contribution is -2.10. The maximum absolute atomic E-state index is 12.9. The maximum Gasteiger partial charge on any atom is 0.312 e. The highest BCUT2D eigenvalue weighted by Crippen LogP contribution is 2.31. The Morgan fingerprint density at radius 2 is 1.85 bits per heavy atom. The zero-order valence-corrected chi connectivity index (χ0v) is 10.5. The number of carbonyl (C=O) groups excluding carboxylic acids is 1. The first-order valence-corrected chi connectivity index (χ1v) is 6.30. The molecule has 0 saturated carbocycles. The SMILES string of the molecule is O=C(c1ccc(F)cc1)c1ccc2n1CC[C@@H]2C(=O)O. The van der Waals surface area contributed by atoms with E-state index in [1.54, 1.807) is 16.7 Å². The van der Waals surface area contributed by atoms with Crippen molar-refractivity contribution in [3.8, 4) is 0 Å². The van der Waals surface area contributed by atoms with Crippen LogP contribution in [0.2, 0.25) is 0 Å². The Morgan fingerprint density at radius 1 is 1.15 bits per heavy atom. The first-order valence-electron chi connectivity index (χ1n) is 6.30. The van der Waals surface area contributed by atoms with Crippen molar-refractivity contribution in [3.05, 3.63) is 59.2 Å². The van der Waals surface area contributed by atoms with Gasteiger partial charge in [-0.15, -0.1) is 0 Å². The number of ketones is 1. The molecule has 0 radical (unpaired) electrons. The standard InChI is InChI=1S/C15H12FNO3/c16-10-3-1-9(2-4-10)14(18)13-6-5-12-11(15(19)20)7-8-17(12)13/h1-6,11H,7-8H2,(H,19,20)/t11-/m0/s1. The van der Waals surface area contributed by atoms with Crippen LogP contribution < -0.4 is 0 Å². The molecule has 20 heavy (non-hydrogen) atoms. The van der Waals surface area contributed by atoms with Crippen molar-refractivity contribution in [2.75, 3.05) is 0 Å². The van der Waals surface area contributed by atoms with E-state index in [1.807, 2.05) is 0 Å². The number of benzene rings is 1. The Morgan fingerprint density at radius 3 is 2.50 bits per heavy atom. The summed E-state index contributed by atoms with van der Waals surface area (Å²) in [6, 6.07) is 8.66. The summed E-state index contributed by atoms with van der Waals surface area (Å²) in [5.41, 5.74) is 1.50. The normalized spacial score (nSPS) is 16.9. The van der Waals surface area contributed by atoms with Crippen molar-refractivity contribution >= 4 is 11.8 Å². The van der Waals surface area contributed by atoms with Crippen LogP contribution in [0.1, 0.15) is 34.1 Å². The predicted molar refractivity (Wildman–Crippen MR) is 69.3 cm³/mol. The maximum atomic E-state index is 12.9. The summed E-state index contributed by atoms with van der Waals surface area (Å²) in [6.45, 7) is 0.515. The molecule has 1 aliphatic rings. The highest BCUT2D eigenvalue weighted by molar-refractivity contribution is 6.08. The van der Waals surface area contributed by atoms with E-state index in [0.717, 1.165) is 0 Å². The molecule has 2 heterocycles. The molecule has 2 aromatic rings. The molecule has 4 nitrogen and oxygen atoms in total. The van der Waals surface area contributed by atoms with E-state index >= 15 is 0 Å². The summed E-state index contributed by atoms with van der Waals surface area (Å²) in [5, 5.41) is 9.12. The van der Waals surface area contributed by atoms with E-state index in [0.29, 0.717) is 29.9 Å². The monoisotopic (exact) mass is 273 g/mol. The summed E-state index contributed by atoms with van der Waals surface area (Å²) < 4.78 is 14.6. The number of nitrogens with zero attached hydrogens (tertiary/aromatic N) is 1. The molecule has 0 fully saturated rings. The molecule has 1 aromatic heterocycles. The van der Waals surface area contributed by atoms with Gasteiger partial charge in [0, 0.05) is 17.8 Å². The molecule has 0 unspecified atom stereocenters. The third kappa shape index (κ3) is 1.91. The van der Waals surface area contributed by atoms with Gasteiger partial charge in [0.1, 0.15) is 5.82 Å². The number of fused-ring (bicyclic) bond motifs is 1. The molecule has 0 aliphatic carbocycles. The second-order valence-electron chi connectivity index (χ2n) is 4.81. The minimum Gasteiger partial charge on any atom is -0.481 e. The number of halogens is 1. The lowest BCUT2D eigenvalue weighted by molar-refractivity contribution is -0.138. The van der Waals surface area contributed by atoms with E-state index in [9.17, 15) is 14.0 Å². The predicted octanol–water partition coefficient (Wildman–Crippen LogP) is 2.43. The number of rotatable bonds is 3. The van der Waals surface area contributed by atoms with Gasteiger partial charge in [0.2, 0.25) is 5.78 Å². The third-order valence-electron chi connectivity index (χ3n) is 3.65. The van der Waals surface area contributed by atoms with Crippen LogP contribution in [0.4, 0.5) is 4.39 Å². The highest BCUT2D eigenvalue weighted by atomic mass is 19.1. The van der Waals surface area contributed by atoms with Crippen LogP contribution in [0.3, 0.4) is 0 Å². The van der Waals surface area contributed by atoms with Gasteiger partial charge in [0.25, 0.3) is 0 Å². The summed E-state index contributed by atoms with van der Waals surface area (Å²) in [6.07, 6.45) is 0.495. The molecule has 0 amide bonds. The molecular weight excluding hydrogens is 261 g/mol. The van der Waals surface area contributed by atoms with Crippen LogP contribution in [0.5, 0.6) is 0 Å². The van der Waals surface area contributed by atoms with Crippen LogP contribution in [-0.2, 0) is 11.3 Å². The van der Waals surface area contributed by atoms with Crippen molar-refractivity contribution in [2.24, 2.45) is 0 Å². The largest absolute Gasteiger partial charge is 0.481 e. The van der Waals surface area contributed by atoms with E-state index in [4.69, 9.17) is 5.11 Å². The molecule has 0 spiro atoms. The van der Waals surface area contributed by atoms with Crippen LogP contribution in [0.15, 0.2) is 36.4 Å². The van der Waals surface area contributed by atoms with Gasteiger partial charge in [-0.1, -0.05) is 0 Å². The Hall–Kier alpha value is -2.43. The van der Waals surface area contributed by atoms with Gasteiger partial charge in [-0.05, 0) is 42.8 Å². The summed E-state index contributed by atoms with van der Waals surface area (Å²) >= 11 is 0. The van der Waals surface area contributed by atoms with Gasteiger partial charge in [0.15, 0.2) is 0 Å². The third-order valence-corrected chi connectivity index (χ3v) is 3.65. The van der Waals surface area contributed by atoms with Crippen molar-refractivity contribution < 1.29 is 19.1 Å². The summed E-state index contributed by atoms with van der Waals surface area (Å²) in [4.78, 5) is 23.5. The fourth-order valence-electron chi connectivity index (χ4n) is 2.64. The number of carbonyl (C=O) groups is 2. The van der Waals surface area contributed by atoms with Gasteiger partial charge in [-0.25, -0.2) is 4.39 Å². The van der Waals surface area contributed by atoms with Crippen molar-refractivity contribution in [3.63, 3.8) is 0 Å². The first-order chi connectivity index (χ1) is 9.58. The van der Waals surface area contributed by atoms with Crippen LogP contribution in [-0.4, -0.2) is 21.4 Å². The Balaban J connectivity index is 1.97. The quantitative estimate of drug-likeness (QED) is 0.874. The summed E-state index contributed by atoms with van der Waals surface area (Å²) in [7, 11) is 0. The Labute approximate surface area is 114 Å². The molecule has 1 aromatic carbocycles. The molecular formula is C15H12FNO3. The van der Waals surface area contributed by atoms with Crippen LogP contribution >= 0.6 is 0 Å². The molecule has 5 heteroatoms. The number of aromatic nitrogens is 1. The number of aliphatic carboxylic acids is 1. The van der Waals surface area contributed by atoms with Gasteiger partial charge in [0.05, 0.1) is 11.6 Å². The fraction of sp³-hybridized carbons (Fsp3) is 0.200. The van der Waals surface area contributed by atoms with Gasteiger partial charge >= 0.3 is 5.97 Å². The molecule has 0 saturated heterocycles. The average molecular weight is 273 g/mol. The number of carboxylic acids is 1. The molecule has 3 rings (SSSR count). The number of carboxylic acid groups (broad SMARTS) is 1. The fourth-order valence-corrected chi connectivity index (χ4v) is 2.64. The zero-order valence-electron chi connectivity index (χ0n) is 10.5. The van der Waals surface area contributed by atoms with E-state index < -0.39 is 17.7 Å². The molecule has 102 valence electrons. The molecule has 1 N–H and O–H groups in total. The van der Waals surface area contributed by atoms with Gasteiger partial charge in [-0.2, -0.15) is 0 Å². The minimum atomic E-state index is -0.873. The topological polar surface area (TPSA) is 59.3 Å². The van der Waals surface area contributed by atoms with E-state index in [2.05, 4.69) is 0 Å². The van der Waals surface area contributed by atoms with Crippen molar-refractivity contribution in [2.45, 2.75) is 18.9 Å². The average Bonchev–Trinajstić information content (AvgIpc) is 2.99. The molecule has 1 atom stereocenters. The second-order valence-corrected chi connectivity index (χ2v) is 4.81. The lowest BCUT2D eigenvalue weighted by Gasteiger charge is -2.05. The van der Waals surface area contributed by atoms with Crippen molar-refractivity contribution in [1.29, 1.82) is 0 Å². The Kier molecular flexibility index (Phi) is 2.89. The highest BCUT2D eigenvalue weighted by Gasteiger charge is 2.31. The van der Waals surface area contributed by atoms with Crippen LogP contribution in [0, 0.1) is 5.82 Å². The zero-order chi connectivity index (χ0) is 14.3. The Bertz CT molecular complexity index is 688. The van der Waals surface area contributed by atoms with E-state index in [-0.39, 0.29) is 5.78 Å². The van der Waals surface area contributed by atoms with Crippen LogP contribution in [0.25, 0.3) is 0 Å². The lowest BCUT2D eigenvalue weighted by atomic mass is 10.1. The van der Waals surface area contributed by atoms with E-state index in [1.165, 1.54) is 24.3 Å². The van der Waals surface area contributed by atoms with Crippen molar-refractivity contribution in [1.82, 2.24) is 4.57 Å². The summed E-state index contributed by atoms with van der Waals surface area (Å²) in [5.74, 6) is -2.04. The number of hydrogen-bond acceptors (Lipinski definition) is 2.